The molecule has 0 aliphatic carbocycles. The summed E-state index contributed by atoms with van der Waals surface area (Å²) in [6.45, 7) is 7.18. The first-order chi connectivity index (χ1) is 10.3. The van der Waals surface area contributed by atoms with Crippen LogP contribution in [0.1, 0.15) is 25.3 Å². The van der Waals surface area contributed by atoms with Crippen LogP contribution in [0, 0.1) is 5.92 Å². The molecule has 1 saturated heterocycles. The van der Waals surface area contributed by atoms with Crippen LogP contribution in [0.2, 0.25) is 0 Å². The Labute approximate surface area is 128 Å². The maximum absolute atomic E-state index is 4.67. The third-order valence-electron chi connectivity index (χ3n) is 4.00. The molecule has 4 nitrogen and oxygen atoms in total. The number of nitrogens with one attached hydrogen (secondary N) is 2. The van der Waals surface area contributed by atoms with Gasteiger partial charge in [-0.2, -0.15) is 0 Å². The maximum atomic E-state index is 4.67. The molecule has 2 rings (SSSR count). The minimum absolute atomic E-state index is 0.726. The van der Waals surface area contributed by atoms with Crippen molar-refractivity contribution in [1.82, 2.24) is 15.5 Å². The molecule has 1 heterocycles. The lowest BCUT2D eigenvalue weighted by Crippen LogP contribution is -2.42. The summed E-state index contributed by atoms with van der Waals surface area (Å²) in [5.74, 6) is 1.70. The van der Waals surface area contributed by atoms with Gasteiger partial charge in [-0.05, 0) is 51.4 Å². The number of hydrogen-bond acceptors (Lipinski definition) is 2. The SMILES string of the molecule is CCNC(=NCc1ccccc1)NCC1CCN(C)CC1. The second-order valence-electron chi connectivity index (χ2n) is 5.81. The van der Waals surface area contributed by atoms with Crippen LogP contribution < -0.4 is 10.6 Å². The van der Waals surface area contributed by atoms with Crippen LogP contribution in [0.15, 0.2) is 35.3 Å². The number of likely N-dealkylation sites (tertiary alicyclic amines) is 1. The second-order valence-corrected chi connectivity index (χ2v) is 5.81. The van der Waals surface area contributed by atoms with E-state index in [-0.39, 0.29) is 0 Å². The minimum atomic E-state index is 0.726. The summed E-state index contributed by atoms with van der Waals surface area (Å²) in [7, 11) is 2.20. The minimum Gasteiger partial charge on any atom is -0.357 e. The van der Waals surface area contributed by atoms with Crippen LogP contribution in [0.4, 0.5) is 0 Å². The van der Waals surface area contributed by atoms with E-state index in [1.54, 1.807) is 0 Å². The normalized spacial score (nSPS) is 17.7. The Morgan fingerprint density at radius 3 is 2.57 bits per heavy atom. The number of piperidine rings is 1. The number of hydrogen-bond donors (Lipinski definition) is 2. The van der Waals surface area contributed by atoms with Crippen molar-refractivity contribution in [1.29, 1.82) is 0 Å². The zero-order valence-corrected chi connectivity index (χ0v) is 13.3. The van der Waals surface area contributed by atoms with E-state index < -0.39 is 0 Å². The number of guanidine groups is 1. The van der Waals surface area contributed by atoms with Crippen molar-refractivity contribution >= 4 is 5.96 Å². The fourth-order valence-corrected chi connectivity index (χ4v) is 2.60. The highest BCUT2D eigenvalue weighted by Crippen LogP contribution is 2.14. The van der Waals surface area contributed by atoms with E-state index >= 15 is 0 Å². The van der Waals surface area contributed by atoms with E-state index in [1.807, 2.05) is 6.07 Å². The molecule has 0 saturated carbocycles. The highest BCUT2D eigenvalue weighted by atomic mass is 15.2. The summed E-state index contributed by atoms with van der Waals surface area (Å²) >= 11 is 0. The Balaban J connectivity index is 1.81. The van der Waals surface area contributed by atoms with Gasteiger partial charge in [0.2, 0.25) is 0 Å². The molecular weight excluding hydrogens is 260 g/mol. The first-order valence-corrected chi connectivity index (χ1v) is 8.02. The summed E-state index contributed by atoms with van der Waals surface area (Å²) in [5.41, 5.74) is 1.24. The first-order valence-electron chi connectivity index (χ1n) is 8.02. The third-order valence-corrected chi connectivity index (χ3v) is 4.00. The molecule has 2 N–H and O–H groups in total. The van der Waals surface area contributed by atoms with Crippen LogP contribution in [0.5, 0.6) is 0 Å². The van der Waals surface area contributed by atoms with Gasteiger partial charge in [0.15, 0.2) is 5.96 Å². The van der Waals surface area contributed by atoms with Gasteiger partial charge in [0.1, 0.15) is 0 Å². The van der Waals surface area contributed by atoms with E-state index in [1.165, 1.54) is 31.5 Å². The maximum Gasteiger partial charge on any atom is 0.191 e. The average molecular weight is 288 g/mol. The molecule has 4 heteroatoms. The molecule has 1 aromatic carbocycles. The number of aliphatic imine (C=N–C) groups is 1. The van der Waals surface area contributed by atoms with E-state index in [9.17, 15) is 0 Å². The monoisotopic (exact) mass is 288 g/mol. The standard InChI is InChI=1S/C17H28N4/c1-3-18-17(19-13-15-7-5-4-6-8-15)20-14-16-9-11-21(2)12-10-16/h4-8,16H,3,9-14H2,1-2H3,(H2,18,19,20). The van der Waals surface area contributed by atoms with Gasteiger partial charge in [0.05, 0.1) is 6.54 Å². The molecule has 116 valence electrons. The van der Waals surface area contributed by atoms with Gasteiger partial charge >= 0.3 is 0 Å². The summed E-state index contributed by atoms with van der Waals surface area (Å²) in [4.78, 5) is 7.07. The lowest BCUT2D eigenvalue weighted by molar-refractivity contribution is 0.220. The molecule has 0 radical (unpaired) electrons. The van der Waals surface area contributed by atoms with Crippen molar-refractivity contribution in [2.75, 3.05) is 33.2 Å². The zero-order chi connectivity index (χ0) is 14.9. The Morgan fingerprint density at radius 1 is 1.19 bits per heavy atom. The highest BCUT2D eigenvalue weighted by Gasteiger charge is 2.16. The first kappa shape index (κ1) is 15.8. The Morgan fingerprint density at radius 2 is 1.90 bits per heavy atom. The molecular formula is C17H28N4. The number of rotatable bonds is 5. The van der Waals surface area contributed by atoms with Crippen LogP contribution in [0.25, 0.3) is 0 Å². The van der Waals surface area contributed by atoms with E-state index in [4.69, 9.17) is 0 Å². The van der Waals surface area contributed by atoms with Crippen LogP contribution in [-0.4, -0.2) is 44.1 Å². The Hall–Kier alpha value is -1.55. The molecule has 1 fully saturated rings. The molecule has 0 bridgehead atoms. The topological polar surface area (TPSA) is 39.7 Å². The van der Waals surface area contributed by atoms with Crippen LogP contribution in [0.3, 0.4) is 0 Å². The van der Waals surface area contributed by atoms with Gasteiger partial charge in [0, 0.05) is 13.1 Å². The molecule has 0 aromatic heterocycles. The van der Waals surface area contributed by atoms with Gasteiger partial charge in [-0.25, -0.2) is 4.99 Å². The quantitative estimate of drug-likeness (QED) is 0.644. The predicted octanol–water partition coefficient (Wildman–Crippen LogP) is 2.08. The molecule has 0 atom stereocenters. The molecule has 0 amide bonds. The number of nitrogens with zero attached hydrogens (tertiary/aromatic N) is 2. The predicted molar refractivity (Wildman–Crippen MR) is 89.5 cm³/mol. The van der Waals surface area contributed by atoms with Crippen molar-refractivity contribution in [2.45, 2.75) is 26.3 Å². The molecule has 1 aliphatic rings. The van der Waals surface area contributed by atoms with Crippen LogP contribution in [-0.2, 0) is 6.54 Å². The fourth-order valence-electron chi connectivity index (χ4n) is 2.60. The van der Waals surface area contributed by atoms with Crippen molar-refractivity contribution in [2.24, 2.45) is 10.9 Å². The molecule has 1 aromatic rings. The molecule has 0 unspecified atom stereocenters. The van der Waals surface area contributed by atoms with Gasteiger partial charge < -0.3 is 15.5 Å². The smallest absolute Gasteiger partial charge is 0.191 e. The third kappa shape index (κ3) is 5.76. The Kier molecular flexibility index (Phi) is 6.54. The highest BCUT2D eigenvalue weighted by molar-refractivity contribution is 5.79. The van der Waals surface area contributed by atoms with Crippen molar-refractivity contribution < 1.29 is 0 Å². The molecule has 0 spiro atoms. The largest absolute Gasteiger partial charge is 0.357 e. The Bertz CT molecular complexity index is 422. The molecule has 21 heavy (non-hydrogen) atoms. The summed E-state index contributed by atoms with van der Waals surface area (Å²) < 4.78 is 0. The fraction of sp³-hybridized carbons (Fsp3) is 0.588. The van der Waals surface area contributed by atoms with Crippen molar-refractivity contribution in [3.63, 3.8) is 0 Å². The van der Waals surface area contributed by atoms with Gasteiger partial charge in [-0.15, -0.1) is 0 Å². The molecule has 1 aliphatic heterocycles. The van der Waals surface area contributed by atoms with Gasteiger partial charge in [-0.1, -0.05) is 30.3 Å². The van der Waals surface area contributed by atoms with Gasteiger partial charge in [0.25, 0.3) is 0 Å². The van der Waals surface area contributed by atoms with Crippen molar-refractivity contribution in [3.8, 4) is 0 Å². The van der Waals surface area contributed by atoms with Crippen LogP contribution >= 0.6 is 0 Å². The summed E-state index contributed by atoms with van der Waals surface area (Å²) in [5, 5.41) is 6.83. The van der Waals surface area contributed by atoms with E-state index in [0.717, 1.165) is 31.5 Å². The van der Waals surface area contributed by atoms with E-state index in [2.05, 4.69) is 58.8 Å². The average Bonchev–Trinajstić information content (AvgIpc) is 2.52. The van der Waals surface area contributed by atoms with E-state index in [0.29, 0.717) is 0 Å². The summed E-state index contributed by atoms with van der Waals surface area (Å²) in [6, 6.07) is 10.4. The lowest BCUT2D eigenvalue weighted by atomic mass is 9.97. The van der Waals surface area contributed by atoms with Gasteiger partial charge in [-0.3, -0.25) is 0 Å². The van der Waals surface area contributed by atoms with Crippen molar-refractivity contribution in [3.05, 3.63) is 35.9 Å². The summed E-state index contributed by atoms with van der Waals surface area (Å²) in [6.07, 6.45) is 2.56. The number of benzene rings is 1. The zero-order valence-electron chi connectivity index (χ0n) is 13.3. The lowest BCUT2D eigenvalue weighted by Gasteiger charge is -2.29. The second kappa shape index (κ2) is 8.67.